The van der Waals surface area contributed by atoms with E-state index in [1.54, 1.807) is 0 Å². The van der Waals surface area contributed by atoms with Gasteiger partial charge in [-0.25, -0.2) is 4.79 Å². The molecule has 0 spiro atoms. The van der Waals surface area contributed by atoms with E-state index in [1.807, 2.05) is 46.0 Å². The predicted molar refractivity (Wildman–Crippen MR) is 101 cm³/mol. The number of hydrogen-bond donors (Lipinski definition) is 1. The summed E-state index contributed by atoms with van der Waals surface area (Å²) in [6.45, 7) is 8.73. The molecule has 1 aliphatic rings. The Balaban J connectivity index is 1.80. The second-order valence-electron chi connectivity index (χ2n) is 7.63. The molecular weight excluding hydrogens is 328 g/mol. The van der Waals surface area contributed by atoms with Crippen molar-refractivity contribution in [1.29, 1.82) is 0 Å². The summed E-state index contributed by atoms with van der Waals surface area (Å²) < 4.78 is 11.3. The fourth-order valence-electron chi connectivity index (χ4n) is 3.17. The van der Waals surface area contributed by atoms with Gasteiger partial charge in [-0.2, -0.15) is 0 Å². The molecule has 1 aromatic carbocycles. The Bertz CT molecular complexity index is 796. The van der Waals surface area contributed by atoms with Crippen LogP contribution < -0.4 is 10.1 Å². The van der Waals surface area contributed by atoms with Crippen LogP contribution in [0.25, 0.3) is 11.1 Å². The van der Waals surface area contributed by atoms with Crippen molar-refractivity contribution in [2.24, 2.45) is 0 Å². The Kier molecular flexibility index (Phi) is 5.16. The first-order valence-corrected chi connectivity index (χ1v) is 8.99. The number of aryl methyl sites for hydroxylation is 1. The van der Waals surface area contributed by atoms with Crippen LogP contribution in [0.2, 0.25) is 0 Å². The fraction of sp³-hybridized carbons (Fsp3) is 0.429. The molecule has 0 bridgehead atoms. The fourth-order valence-corrected chi connectivity index (χ4v) is 3.17. The minimum absolute atomic E-state index is 0.203. The van der Waals surface area contributed by atoms with Gasteiger partial charge in [0, 0.05) is 29.9 Å². The molecule has 0 saturated heterocycles. The van der Waals surface area contributed by atoms with Gasteiger partial charge in [0.25, 0.3) is 0 Å². The molecule has 0 fully saturated rings. The second-order valence-corrected chi connectivity index (χ2v) is 7.63. The van der Waals surface area contributed by atoms with Crippen molar-refractivity contribution >= 4 is 6.09 Å². The Morgan fingerprint density at radius 3 is 2.88 bits per heavy atom. The lowest BCUT2D eigenvalue weighted by Crippen LogP contribution is -2.35. The number of nitrogens with zero attached hydrogens (tertiary/aromatic N) is 1. The number of rotatable bonds is 3. The number of pyridine rings is 1. The van der Waals surface area contributed by atoms with Crippen molar-refractivity contribution in [1.82, 2.24) is 10.3 Å². The Hall–Kier alpha value is -2.56. The van der Waals surface area contributed by atoms with Crippen LogP contribution in [0.3, 0.4) is 0 Å². The van der Waals surface area contributed by atoms with Crippen molar-refractivity contribution < 1.29 is 14.3 Å². The summed E-state index contributed by atoms with van der Waals surface area (Å²) in [4.78, 5) is 16.2. The molecule has 1 atom stereocenters. The Labute approximate surface area is 154 Å². The first kappa shape index (κ1) is 18.2. The zero-order valence-corrected chi connectivity index (χ0v) is 15.8. The maximum Gasteiger partial charge on any atom is 0.407 e. The standard InChI is InChI=1S/C21H26N2O3/c1-14-12-15(8-10-22-14)17-6-5-7-18-16(9-11-25-19(17)18)13-23-20(24)26-21(2,3)4/h5-8,10,12,16H,9,11,13H2,1-4H3,(H,23,24)/t16-/m1/s1. The predicted octanol–water partition coefficient (Wildman–Crippen LogP) is 4.45. The van der Waals surface area contributed by atoms with E-state index in [4.69, 9.17) is 9.47 Å². The van der Waals surface area contributed by atoms with Crippen molar-refractivity contribution in [3.05, 3.63) is 47.8 Å². The number of benzene rings is 1. The Morgan fingerprint density at radius 2 is 2.15 bits per heavy atom. The first-order valence-electron chi connectivity index (χ1n) is 8.99. The molecule has 1 aromatic heterocycles. The summed E-state index contributed by atoms with van der Waals surface area (Å²) in [5.74, 6) is 1.11. The van der Waals surface area contributed by atoms with Crippen LogP contribution in [0, 0.1) is 6.92 Å². The number of amides is 1. The maximum atomic E-state index is 12.0. The summed E-state index contributed by atoms with van der Waals surface area (Å²) in [5, 5.41) is 2.89. The highest BCUT2D eigenvalue weighted by molar-refractivity contribution is 5.73. The van der Waals surface area contributed by atoms with E-state index in [-0.39, 0.29) is 12.0 Å². The quantitative estimate of drug-likeness (QED) is 0.885. The molecule has 1 N–H and O–H groups in total. The van der Waals surface area contributed by atoms with Crippen LogP contribution in [-0.2, 0) is 4.74 Å². The normalized spacial score (nSPS) is 16.4. The number of fused-ring (bicyclic) bond motifs is 1. The van der Waals surface area contributed by atoms with Crippen molar-refractivity contribution in [3.63, 3.8) is 0 Å². The molecule has 5 heteroatoms. The smallest absolute Gasteiger partial charge is 0.407 e. The lowest BCUT2D eigenvalue weighted by atomic mass is 9.89. The molecule has 0 radical (unpaired) electrons. The van der Waals surface area contributed by atoms with E-state index >= 15 is 0 Å². The van der Waals surface area contributed by atoms with Crippen molar-refractivity contribution in [2.75, 3.05) is 13.2 Å². The summed E-state index contributed by atoms with van der Waals surface area (Å²) in [6.07, 6.45) is 2.29. The molecule has 1 aliphatic heterocycles. The maximum absolute atomic E-state index is 12.0. The summed E-state index contributed by atoms with van der Waals surface area (Å²) in [6, 6.07) is 10.2. The monoisotopic (exact) mass is 354 g/mol. The number of hydrogen-bond acceptors (Lipinski definition) is 4. The lowest BCUT2D eigenvalue weighted by molar-refractivity contribution is 0.0521. The zero-order chi connectivity index (χ0) is 18.7. The van der Waals surface area contributed by atoms with E-state index in [1.165, 1.54) is 0 Å². The highest BCUT2D eigenvalue weighted by Gasteiger charge is 2.25. The number of ether oxygens (including phenoxy) is 2. The van der Waals surface area contributed by atoms with Crippen LogP contribution in [0.1, 0.15) is 44.4 Å². The van der Waals surface area contributed by atoms with Crippen molar-refractivity contribution in [2.45, 2.75) is 45.6 Å². The number of para-hydroxylation sites is 1. The van der Waals surface area contributed by atoms with Gasteiger partial charge in [0.2, 0.25) is 0 Å². The average molecular weight is 354 g/mol. The molecule has 2 aromatic rings. The van der Waals surface area contributed by atoms with E-state index in [0.29, 0.717) is 13.2 Å². The third-order valence-electron chi connectivity index (χ3n) is 4.30. The molecule has 5 nitrogen and oxygen atoms in total. The van der Waals surface area contributed by atoms with Crippen LogP contribution in [0.15, 0.2) is 36.5 Å². The minimum Gasteiger partial charge on any atom is -0.493 e. The van der Waals surface area contributed by atoms with Gasteiger partial charge in [0.1, 0.15) is 11.4 Å². The largest absolute Gasteiger partial charge is 0.493 e. The van der Waals surface area contributed by atoms with E-state index < -0.39 is 5.60 Å². The van der Waals surface area contributed by atoms with E-state index in [2.05, 4.69) is 28.5 Å². The number of carbonyl (C=O) groups is 1. The molecule has 138 valence electrons. The zero-order valence-electron chi connectivity index (χ0n) is 15.8. The lowest BCUT2D eigenvalue weighted by Gasteiger charge is -2.28. The number of carbonyl (C=O) groups excluding carboxylic acids is 1. The van der Waals surface area contributed by atoms with E-state index in [0.717, 1.165) is 34.6 Å². The van der Waals surface area contributed by atoms with Crippen LogP contribution >= 0.6 is 0 Å². The van der Waals surface area contributed by atoms with Gasteiger partial charge < -0.3 is 14.8 Å². The highest BCUT2D eigenvalue weighted by Crippen LogP contribution is 2.40. The third-order valence-corrected chi connectivity index (χ3v) is 4.30. The molecule has 0 unspecified atom stereocenters. The SMILES string of the molecule is Cc1cc(-c2cccc3c2OCC[C@@H]3CNC(=O)OC(C)(C)C)ccn1. The molecule has 1 amide bonds. The van der Waals surface area contributed by atoms with Crippen LogP contribution in [0.4, 0.5) is 4.79 Å². The molecule has 0 aliphatic carbocycles. The number of nitrogens with one attached hydrogen (secondary N) is 1. The number of alkyl carbamates (subject to hydrolysis) is 1. The van der Waals surface area contributed by atoms with Gasteiger partial charge >= 0.3 is 6.09 Å². The van der Waals surface area contributed by atoms with Crippen LogP contribution in [0.5, 0.6) is 5.75 Å². The van der Waals surface area contributed by atoms with Gasteiger partial charge in [-0.3, -0.25) is 4.98 Å². The summed E-state index contributed by atoms with van der Waals surface area (Å²) in [7, 11) is 0. The van der Waals surface area contributed by atoms with Gasteiger partial charge in [-0.1, -0.05) is 18.2 Å². The van der Waals surface area contributed by atoms with Gasteiger partial charge in [-0.05, 0) is 57.4 Å². The number of aromatic nitrogens is 1. The minimum atomic E-state index is -0.496. The van der Waals surface area contributed by atoms with Crippen LogP contribution in [-0.4, -0.2) is 29.8 Å². The molecule has 2 heterocycles. The Morgan fingerprint density at radius 1 is 1.35 bits per heavy atom. The third kappa shape index (κ3) is 4.34. The average Bonchev–Trinajstić information content (AvgIpc) is 2.58. The van der Waals surface area contributed by atoms with Gasteiger partial charge in [-0.15, -0.1) is 0 Å². The molecule has 26 heavy (non-hydrogen) atoms. The van der Waals surface area contributed by atoms with Gasteiger partial charge in [0.15, 0.2) is 0 Å². The second kappa shape index (κ2) is 7.36. The summed E-state index contributed by atoms with van der Waals surface area (Å²) >= 11 is 0. The molecule has 0 saturated carbocycles. The van der Waals surface area contributed by atoms with Gasteiger partial charge in [0.05, 0.1) is 6.61 Å². The highest BCUT2D eigenvalue weighted by atomic mass is 16.6. The van der Waals surface area contributed by atoms with E-state index in [9.17, 15) is 4.79 Å². The summed E-state index contributed by atoms with van der Waals surface area (Å²) in [5.41, 5.74) is 3.76. The van der Waals surface area contributed by atoms with Crippen molar-refractivity contribution in [3.8, 4) is 16.9 Å². The first-order chi connectivity index (χ1) is 12.3. The topological polar surface area (TPSA) is 60.5 Å². The molecular formula is C21H26N2O3. The molecule has 3 rings (SSSR count).